The largest absolute Gasteiger partial charge is 0.468 e. The molecule has 2 atom stereocenters. The molecular formula is C7H11BrO4. The van der Waals surface area contributed by atoms with E-state index < -0.39 is 22.9 Å². The molecule has 0 saturated heterocycles. The molecule has 0 aliphatic heterocycles. The zero-order chi connectivity index (χ0) is 9.72. The van der Waals surface area contributed by atoms with Crippen LogP contribution in [0.1, 0.15) is 13.8 Å². The van der Waals surface area contributed by atoms with Crippen LogP contribution < -0.4 is 0 Å². The molecule has 0 unspecified atom stereocenters. The van der Waals surface area contributed by atoms with Crippen molar-refractivity contribution in [2.75, 3.05) is 7.11 Å². The molecule has 0 aromatic carbocycles. The van der Waals surface area contributed by atoms with Crippen molar-refractivity contribution in [1.29, 1.82) is 0 Å². The van der Waals surface area contributed by atoms with Gasteiger partial charge in [-0.15, -0.1) is 0 Å². The molecule has 0 fully saturated rings. The van der Waals surface area contributed by atoms with Crippen LogP contribution in [0.3, 0.4) is 0 Å². The highest BCUT2D eigenvalue weighted by Gasteiger charge is 2.24. The van der Waals surface area contributed by atoms with E-state index >= 15 is 0 Å². The first kappa shape index (κ1) is 11.4. The van der Waals surface area contributed by atoms with Gasteiger partial charge in [0.05, 0.1) is 7.11 Å². The summed E-state index contributed by atoms with van der Waals surface area (Å²) in [5.74, 6) is -0.875. The maximum Gasteiger partial charge on any atom is 0.323 e. The summed E-state index contributed by atoms with van der Waals surface area (Å²) >= 11 is 3.05. The smallest absolute Gasteiger partial charge is 0.323 e. The van der Waals surface area contributed by atoms with Gasteiger partial charge in [0.1, 0.15) is 10.9 Å². The summed E-state index contributed by atoms with van der Waals surface area (Å²) in [6.45, 7) is 2.89. The number of carbonyl (C=O) groups excluding carboxylic acids is 2. The highest BCUT2D eigenvalue weighted by Crippen LogP contribution is 2.10. The number of hydrogen-bond acceptors (Lipinski definition) is 4. The summed E-state index contributed by atoms with van der Waals surface area (Å²) < 4.78 is 9.19. The first-order chi connectivity index (χ1) is 5.49. The predicted molar refractivity (Wildman–Crippen MR) is 46.0 cm³/mol. The Hall–Kier alpha value is -0.580. The van der Waals surface area contributed by atoms with Crippen LogP contribution in [0.5, 0.6) is 0 Å². The molecule has 70 valence electrons. The lowest BCUT2D eigenvalue weighted by Gasteiger charge is -2.15. The van der Waals surface area contributed by atoms with Crippen LogP contribution in [0.15, 0.2) is 0 Å². The van der Waals surface area contributed by atoms with Gasteiger partial charge < -0.3 is 9.47 Å². The van der Waals surface area contributed by atoms with E-state index in [1.165, 1.54) is 14.0 Å². The van der Waals surface area contributed by atoms with Crippen molar-refractivity contribution in [2.45, 2.75) is 24.8 Å². The van der Waals surface area contributed by atoms with Crippen LogP contribution in [-0.2, 0) is 19.1 Å². The van der Waals surface area contributed by atoms with E-state index in [1.807, 2.05) is 0 Å². The molecule has 0 spiro atoms. The van der Waals surface area contributed by atoms with Crippen LogP contribution in [-0.4, -0.2) is 30.0 Å². The van der Waals surface area contributed by atoms with E-state index in [1.54, 1.807) is 6.92 Å². The molecule has 5 heteroatoms. The molecule has 0 saturated carbocycles. The predicted octanol–water partition coefficient (Wildman–Crippen LogP) is 0.874. The van der Waals surface area contributed by atoms with Gasteiger partial charge >= 0.3 is 11.9 Å². The average molecular weight is 239 g/mol. The zero-order valence-corrected chi connectivity index (χ0v) is 8.75. The van der Waals surface area contributed by atoms with Gasteiger partial charge in [-0.1, -0.05) is 15.9 Å². The highest BCUT2D eigenvalue weighted by molar-refractivity contribution is 9.10. The van der Waals surface area contributed by atoms with Crippen molar-refractivity contribution in [1.82, 2.24) is 0 Å². The van der Waals surface area contributed by atoms with Crippen molar-refractivity contribution in [3.8, 4) is 0 Å². The maximum atomic E-state index is 10.9. The van der Waals surface area contributed by atoms with E-state index in [4.69, 9.17) is 4.74 Å². The molecule has 0 N–H and O–H groups in total. The Bertz CT molecular complexity index is 180. The van der Waals surface area contributed by atoms with Gasteiger partial charge in [0.2, 0.25) is 0 Å². The summed E-state index contributed by atoms with van der Waals surface area (Å²) in [4.78, 5) is 20.7. The van der Waals surface area contributed by atoms with E-state index in [0.717, 1.165) is 0 Å². The summed E-state index contributed by atoms with van der Waals surface area (Å²) in [7, 11) is 1.27. The first-order valence-electron chi connectivity index (χ1n) is 3.38. The van der Waals surface area contributed by atoms with E-state index in [2.05, 4.69) is 20.7 Å². The molecule has 0 aliphatic carbocycles. The molecule has 0 radical (unpaired) electrons. The van der Waals surface area contributed by atoms with Gasteiger partial charge in [-0.05, 0) is 6.92 Å². The third kappa shape index (κ3) is 3.71. The Morgan fingerprint density at radius 3 is 2.25 bits per heavy atom. The lowest BCUT2D eigenvalue weighted by molar-refractivity contribution is -0.150. The maximum absolute atomic E-state index is 10.9. The van der Waals surface area contributed by atoms with Gasteiger partial charge in [0, 0.05) is 6.92 Å². The number of alkyl halides is 1. The van der Waals surface area contributed by atoms with Gasteiger partial charge in [0.15, 0.2) is 0 Å². The number of rotatable bonds is 3. The van der Waals surface area contributed by atoms with Crippen LogP contribution in [0.25, 0.3) is 0 Å². The minimum atomic E-state index is -0.605. The number of methoxy groups -OCH3 is 1. The average Bonchev–Trinajstić information content (AvgIpc) is 2.00. The van der Waals surface area contributed by atoms with Crippen LogP contribution in [0.4, 0.5) is 0 Å². The van der Waals surface area contributed by atoms with Crippen molar-refractivity contribution in [3.63, 3.8) is 0 Å². The van der Waals surface area contributed by atoms with Gasteiger partial charge in [-0.2, -0.15) is 0 Å². The monoisotopic (exact) mass is 238 g/mol. The van der Waals surface area contributed by atoms with Crippen LogP contribution >= 0.6 is 15.9 Å². The second-order valence-corrected chi connectivity index (χ2v) is 3.23. The third-order valence-electron chi connectivity index (χ3n) is 1.19. The third-order valence-corrected chi connectivity index (χ3v) is 2.31. The fourth-order valence-electron chi connectivity index (χ4n) is 0.626. The summed E-state index contributed by atoms with van der Waals surface area (Å²) in [5, 5.41) is 0. The fourth-order valence-corrected chi connectivity index (χ4v) is 0.921. The zero-order valence-electron chi connectivity index (χ0n) is 7.17. The molecule has 0 bridgehead atoms. The number of ether oxygens (including phenoxy) is 2. The Morgan fingerprint density at radius 2 is 1.92 bits per heavy atom. The summed E-state index contributed by atoms with van der Waals surface area (Å²) in [5.41, 5.74) is 0. The van der Waals surface area contributed by atoms with Crippen molar-refractivity contribution in [2.24, 2.45) is 0 Å². The number of carbonyl (C=O) groups is 2. The topological polar surface area (TPSA) is 52.6 Å². The standard InChI is InChI=1S/C7H11BrO4/c1-4(12-5(2)9)6(8)7(10)11-3/h4,6H,1-3H3/t4-,6-/m0/s1. The molecule has 0 aliphatic rings. The number of halogens is 1. The van der Waals surface area contributed by atoms with Gasteiger partial charge in [-0.3, -0.25) is 9.59 Å². The molecule has 0 amide bonds. The number of esters is 2. The lowest BCUT2D eigenvalue weighted by Crippen LogP contribution is -2.30. The normalized spacial score (nSPS) is 14.7. The minimum Gasteiger partial charge on any atom is -0.468 e. The molecule has 12 heavy (non-hydrogen) atoms. The molecular weight excluding hydrogens is 228 g/mol. The van der Waals surface area contributed by atoms with Gasteiger partial charge in [0.25, 0.3) is 0 Å². The number of hydrogen-bond donors (Lipinski definition) is 0. The minimum absolute atomic E-state index is 0.421. The van der Waals surface area contributed by atoms with E-state index in [9.17, 15) is 9.59 Å². The first-order valence-corrected chi connectivity index (χ1v) is 4.29. The second kappa shape index (κ2) is 5.13. The van der Waals surface area contributed by atoms with E-state index in [0.29, 0.717) is 0 Å². The molecule has 0 aromatic heterocycles. The Balaban J connectivity index is 4.00. The van der Waals surface area contributed by atoms with Crippen LogP contribution in [0.2, 0.25) is 0 Å². The highest BCUT2D eigenvalue weighted by atomic mass is 79.9. The quantitative estimate of drug-likeness (QED) is 0.541. The molecule has 0 heterocycles. The fraction of sp³-hybridized carbons (Fsp3) is 0.714. The summed E-state index contributed by atoms with van der Waals surface area (Å²) in [6, 6.07) is 0. The molecule has 0 rings (SSSR count). The molecule has 4 nitrogen and oxygen atoms in total. The van der Waals surface area contributed by atoms with Crippen molar-refractivity contribution in [3.05, 3.63) is 0 Å². The Labute approximate surface area is 79.3 Å². The van der Waals surface area contributed by atoms with Crippen molar-refractivity contribution >= 4 is 27.9 Å². The summed E-state index contributed by atoms with van der Waals surface area (Å²) in [6.07, 6.45) is -0.519. The Kier molecular flexibility index (Phi) is 4.89. The molecule has 0 aromatic rings. The van der Waals surface area contributed by atoms with E-state index in [-0.39, 0.29) is 0 Å². The lowest BCUT2D eigenvalue weighted by atomic mass is 10.3. The SMILES string of the molecule is COC(=O)[C@@H](Br)[C@H](C)OC(C)=O. The van der Waals surface area contributed by atoms with Gasteiger partial charge in [-0.25, -0.2) is 0 Å². The van der Waals surface area contributed by atoms with Crippen LogP contribution in [0, 0.1) is 0 Å². The second-order valence-electron chi connectivity index (χ2n) is 2.24. The van der Waals surface area contributed by atoms with Crippen molar-refractivity contribution < 1.29 is 19.1 Å². The Morgan fingerprint density at radius 1 is 1.42 bits per heavy atom.